The minimum absolute atomic E-state index is 0.0907. The molecule has 0 spiro atoms. The number of aromatic carboxylic acids is 1. The number of nitrogens with one attached hydrogen (secondary N) is 1. The lowest BCUT2D eigenvalue weighted by molar-refractivity contribution is 0.0698. The second kappa shape index (κ2) is 8.37. The van der Waals surface area contributed by atoms with Gasteiger partial charge in [-0.15, -0.1) is 0 Å². The Morgan fingerprint density at radius 2 is 1.94 bits per heavy atom. The van der Waals surface area contributed by atoms with E-state index in [0.29, 0.717) is 30.0 Å². The molecule has 0 saturated carbocycles. The molecule has 1 fully saturated rings. The number of carboxylic acids is 1. The highest BCUT2D eigenvalue weighted by Gasteiger charge is 2.23. The summed E-state index contributed by atoms with van der Waals surface area (Å²) in [6, 6.07) is 8.15. The van der Waals surface area contributed by atoms with E-state index in [-0.39, 0.29) is 17.4 Å². The zero-order valence-corrected chi connectivity index (χ0v) is 17.6. The predicted octanol–water partition coefficient (Wildman–Crippen LogP) is 4.00. The minimum atomic E-state index is -1.03. The first-order valence-electron chi connectivity index (χ1n) is 10.4. The number of aryl methyl sites for hydroxylation is 1. The Bertz CT molecular complexity index is 1200. The van der Waals surface area contributed by atoms with E-state index in [9.17, 15) is 19.1 Å². The van der Waals surface area contributed by atoms with Crippen molar-refractivity contribution in [2.24, 2.45) is 0 Å². The molecule has 1 unspecified atom stereocenters. The third kappa shape index (κ3) is 3.97. The van der Waals surface area contributed by atoms with Crippen LogP contribution in [-0.2, 0) is 0 Å². The molecule has 0 amide bonds. The van der Waals surface area contributed by atoms with Crippen molar-refractivity contribution < 1.29 is 14.3 Å². The van der Waals surface area contributed by atoms with E-state index < -0.39 is 17.3 Å². The Morgan fingerprint density at radius 3 is 2.65 bits per heavy atom. The molecule has 31 heavy (non-hydrogen) atoms. The standard InChI is InChI=1S/C23H25FN4O3/c1-14-12-17(15(2)25-18-9-5-4-8-16(18)23(30)31)20-26-21(27-10-6-3-7-11-27)19(24)22(29)28(20)13-14/h4-5,8-9,12-13,15,25H,3,6-7,10-11H2,1-2H3,(H,30,31). The summed E-state index contributed by atoms with van der Waals surface area (Å²) in [6.45, 7) is 5.02. The van der Waals surface area contributed by atoms with Crippen molar-refractivity contribution in [3.63, 3.8) is 0 Å². The second-order valence-electron chi connectivity index (χ2n) is 7.99. The van der Waals surface area contributed by atoms with Crippen molar-refractivity contribution in [2.45, 2.75) is 39.2 Å². The fraction of sp³-hybridized carbons (Fsp3) is 0.348. The summed E-state index contributed by atoms with van der Waals surface area (Å²) in [4.78, 5) is 30.8. The molecule has 1 saturated heterocycles. The van der Waals surface area contributed by atoms with Crippen molar-refractivity contribution in [3.8, 4) is 0 Å². The van der Waals surface area contributed by atoms with Crippen molar-refractivity contribution in [2.75, 3.05) is 23.3 Å². The van der Waals surface area contributed by atoms with Crippen LogP contribution < -0.4 is 15.8 Å². The molecule has 2 aromatic heterocycles. The molecule has 1 aliphatic heterocycles. The van der Waals surface area contributed by atoms with Crippen LogP contribution in [0.3, 0.4) is 0 Å². The summed E-state index contributed by atoms with van der Waals surface area (Å²) in [7, 11) is 0. The average Bonchev–Trinajstić information content (AvgIpc) is 2.77. The number of anilines is 2. The number of rotatable bonds is 5. The number of nitrogens with zero attached hydrogens (tertiary/aromatic N) is 3. The van der Waals surface area contributed by atoms with E-state index >= 15 is 0 Å². The molecule has 0 radical (unpaired) electrons. The second-order valence-corrected chi connectivity index (χ2v) is 7.99. The van der Waals surface area contributed by atoms with Gasteiger partial charge in [0.1, 0.15) is 5.65 Å². The van der Waals surface area contributed by atoms with Gasteiger partial charge in [0.15, 0.2) is 5.82 Å². The number of carboxylic acid groups (broad SMARTS) is 1. The van der Waals surface area contributed by atoms with Crippen LogP contribution in [-0.4, -0.2) is 33.6 Å². The van der Waals surface area contributed by atoms with Gasteiger partial charge in [-0.1, -0.05) is 12.1 Å². The van der Waals surface area contributed by atoms with Crippen molar-refractivity contribution in [1.29, 1.82) is 0 Å². The van der Waals surface area contributed by atoms with Gasteiger partial charge in [0.05, 0.1) is 11.6 Å². The maximum atomic E-state index is 15.0. The van der Waals surface area contributed by atoms with Gasteiger partial charge in [-0.2, -0.15) is 4.39 Å². The molecule has 162 valence electrons. The first-order valence-corrected chi connectivity index (χ1v) is 10.4. The summed E-state index contributed by atoms with van der Waals surface area (Å²) in [5.41, 5.74) is 1.71. The number of aromatic nitrogens is 2. The van der Waals surface area contributed by atoms with E-state index in [4.69, 9.17) is 0 Å². The van der Waals surface area contributed by atoms with Crippen LogP contribution >= 0.6 is 0 Å². The number of pyridine rings is 1. The first-order chi connectivity index (χ1) is 14.9. The van der Waals surface area contributed by atoms with E-state index in [1.54, 1.807) is 24.4 Å². The predicted molar refractivity (Wildman–Crippen MR) is 118 cm³/mol. The fourth-order valence-corrected chi connectivity index (χ4v) is 4.12. The van der Waals surface area contributed by atoms with Crippen molar-refractivity contribution in [3.05, 3.63) is 69.4 Å². The maximum Gasteiger partial charge on any atom is 0.337 e. The number of fused-ring (bicyclic) bond motifs is 1. The number of hydrogen-bond donors (Lipinski definition) is 2. The molecule has 3 aromatic rings. The Kier molecular flexibility index (Phi) is 5.63. The Hall–Kier alpha value is -3.42. The van der Waals surface area contributed by atoms with Crippen LogP contribution in [0, 0.1) is 12.7 Å². The zero-order valence-electron chi connectivity index (χ0n) is 17.6. The topological polar surface area (TPSA) is 86.9 Å². The Balaban J connectivity index is 1.83. The summed E-state index contributed by atoms with van der Waals surface area (Å²) >= 11 is 0. The first kappa shape index (κ1) is 20.8. The SMILES string of the molecule is Cc1cc(C(C)Nc2ccccc2C(=O)O)c2nc(N3CCCCC3)c(F)c(=O)n2c1. The van der Waals surface area contributed by atoms with E-state index in [1.807, 2.05) is 24.8 Å². The van der Waals surface area contributed by atoms with Crippen LogP contribution in [0.2, 0.25) is 0 Å². The Morgan fingerprint density at radius 1 is 1.23 bits per heavy atom. The van der Waals surface area contributed by atoms with Crippen molar-refractivity contribution >= 4 is 23.1 Å². The molecule has 1 aromatic carbocycles. The molecule has 1 aliphatic rings. The molecule has 3 heterocycles. The summed E-state index contributed by atoms with van der Waals surface area (Å²) in [5.74, 6) is -1.78. The third-order valence-corrected chi connectivity index (χ3v) is 5.67. The van der Waals surface area contributed by atoms with Crippen LogP contribution in [0.4, 0.5) is 15.9 Å². The lowest BCUT2D eigenvalue weighted by atomic mass is 10.1. The number of benzene rings is 1. The number of piperidine rings is 1. The summed E-state index contributed by atoms with van der Waals surface area (Å²) in [5, 5.41) is 12.7. The van der Waals surface area contributed by atoms with Crippen LogP contribution in [0.5, 0.6) is 0 Å². The number of carbonyl (C=O) groups is 1. The number of halogens is 1. The van der Waals surface area contributed by atoms with Gasteiger partial charge >= 0.3 is 5.97 Å². The largest absolute Gasteiger partial charge is 0.478 e. The van der Waals surface area contributed by atoms with Gasteiger partial charge in [-0.3, -0.25) is 9.20 Å². The molecule has 0 bridgehead atoms. The minimum Gasteiger partial charge on any atom is -0.478 e. The Labute approximate surface area is 179 Å². The molecule has 8 heteroatoms. The smallest absolute Gasteiger partial charge is 0.337 e. The quantitative estimate of drug-likeness (QED) is 0.644. The monoisotopic (exact) mass is 424 g/mol. The van der Waals surface area contributed by atoms with Gasteiger partial charge in [0, 0.05) is 30.5 Å². The molecule has 4 rings (SSSR count). The van der Waals surface area contributed by atoms with Crippen LogP contribution in [0.1, 0.15) is 53.7 Å². The van der Waals surface area contributed by atoms with Crippen LogP contribution in [0.25, 0.3) is 5.65 Å². The van der Waals surface area contributed by atoms with Gasteiger partial charge in [0.25, 0.3) is 5.56 Å². The molecular formula is C23H25FN4O3. The third-order valence-electron chi connectivity index (χ3n) is 5.67. The molecule has 1 atom stereocenters. The average molecular weight is 424 g/mol. The van der Waals surface area contributed by atoms with E-state index in [2.05, 4.69) is 10.3 Å². The van der Waals surface area contributed by atoms with Crippen molar-refractivity contribution in [1.82, 2.24) is 9.38 Å². The highest BCUT2D eigenvalue weighted by Crippen LogP contribution is 2.27. The molecule has 2 N–H and O–H groups in total. The summed E-state index contributed by atoms with van der Waals surface area (Å²) < 4.78 is 16.2. The van der Waals surface area contributed by atoms with E-state index in [1.165, 1.54) is 10.5 Å². The van der Waals surface area contributed by atoms with Gasteiger partial charge in [-0.05, 0) is 56.9 Å². The zero-order chi connectivity index (χ0) is 22.1. The lowest BCUT2D eigenvalue weighted by Gasteiger charge is -2.28. The van der Waals surface area contributed by atoms with Crippen LogP contribution in [0.15, 0.2) is 41.3 Å². The number of hydrogen-bond acceptors (Lipinski definition) is 5. The highest BCUT2D eigenvalue weighted by atomic mass is 19.1. The molecule has 7 nitrogen and oxygen atoms in total. The molecule has 0 aliphatic carbocycles. The number of para-hydroxylation sites is 1. The van der Waals surface area contributed by atoms with Gasteiger partial charge in [-0.25, -0.2) is 9.78 Å². The lowest BCUT2D eigenvalue weighted by Crippen LogP contribution is -2.34. The highest BCUT2D eigenvalue weighted by molar-refractivity contribution is 5.94. The normalized spacial score (nSPS) is 15.1. The summed E-state index contributed by atoms with van der Waals surface area (Å²) in [6.07, 6.45) is 4.53. The van der Waals surface area contributed by atoms with E-state index in [0.717, 1.165) is 24.8 Å². The van der Waals surface area contributed by atoms with Gasteiger partial charge < -0.3 is 15.3 Å². The maximum absolute atomic E-state index is 15.0. The molecular weight excluding hydrogens is 399 g/mol. The van der Waals surface area contributed by atoms with Gasteiger partial charge in [0.2, 0.25) is 5.82 Å². The fourth-order valence-electron chi connectivity index (χ4n) is 4.12.